The number of nitrogens with zero attached hydrogens (tertiary/aromatic N) is 5. The predicted molar refractivity (Wildman–Crippen MR) is 118 cm³/mol. The lowest BCUT2D eigenvalue weighted by Gasteiger charge is -2.22. The molecule has 9 heteroatoms. The molecule has 0 aliphatic carbocycles. The van der Waals surface area contributed by atoms with Gasteiger partial charge in [0.15, 0.2) is 5.82 Å². The summed E-state index contributed by atoms with van der Waals surface area (Å²) in [6, 6.07) is 7.23. The van der Waals surface area contributed by atoms with Crippen molar-refractivity contribution in [2.75, 3.05) is 24.7 Å². The number of halogens is 1. The summed E-state index contributed by atoms with van der Waals surface area (Å²) in [6.45, 7) is 7.18. The Bertz CT molecular complexity index is 1040. The molecule has 30 heavy (non-hydrogen) atoms. The lowest BCUT2D eigenvalue weighted by atomic mass is 10.1. The highest BCUT2D eigenvalue weighted by atomic mass is 35.5. The van der Waals surface area contributed by atoms with Gasteiger partial charge in [-0.2, -0.15) is 0 Å². The Morgan fingerprint density at radius 3 is 2.80 bits per heavy atom. The fourth-order valence-corrected chi connectivity index (χ4v) is 4.35. The fourth-order valence-electron chi connectivity index (χ4n) is 3.50. The Morgan fingerprint density at radius 1 is 1.23 bits per heavy atom. The van der Waals surface area contributed by atoms with Crippen LogP contribution in [0.15, 0.2) is 35.8 Å². The van der Waals surface area contributed by atoms with Gasteiger partial charge in [-0.05, 0) is 39.0 Å². The summed E-state index contributed by atoms with van der Waals surface area (Å²) in [7, 11) is 0. The number of aryl methyl sites for hydroxylation is 2. The monoisotopic (exact) mass is 443 g/mol. The summed E-state index contributed by atoms with van der Waals surface area (Å²) in [5.74, 6) is 1.30. The smallest absolute Gasteiger partial charge is 0.254 e. The number of benzene rings is 1. The Hall–Kier alpha value is -2.55. The second-order valence-electron chi connectivity index (χ2n) is 7.21. The number of carbonyl (C=O) groups excluding carboxylic acids is 1. The van der Waals surface area contributed by atoms with E-state index in [0.717, 1.165) is 16.3 Å². The molecule has 1 aromatic carbocycles. The zero-order chi connectivity index (χ0) is 21.3. The molecule has 0 radical (unpaired) electrons. The fraction of sp³-hybridized carbons (Fsp3) is 0.333. The second kappa shape index (κ2) is 8.67. The third-order valence-corrected chi connectivity index (χ3v) is 5.77. The highest BCUT2D eigenvalue weighted by Crippen LogP contribution is 2.29. The van der Waals surface area contributed by atoms with Crippen molar-refractivity contribution in [2.45, 2.75) is 26.9 Å². The van der Waals surface area contributed by atoms with Gasteiger partial charge in [-0.25, -0.2) is 20.0 Å². The second-order valence-corrected chi connectivity index (χ2v) is 8.54. The average molecular weight is 444 g/mol. The van der Waals surface area contributed by atoms with Crippen LogP contribution in [0.1, 0.15) is 28.8 Å². The molecule has 0 bridgehead atoms. The average Bonchev–Trinajstić information content (AvgIpc) is 3.15. The molecular weight excluding hydrogens is 422 g/mol. The third kappa shape index (κ3) is 4.45. The molecule has 1 amide bonds. The normalized spacial score (nSPS) is 17.1. The van der Waals surface area contributed by atoms with Crippen LogP contribution in [0.25, 0.3) is 10.6 Å². The number of hydroxylamine groups is 1. The third-order valence-electron chi connectivity index (χ3n) is 4.73. The molecule has 3 aromatic rings. The Kier molecular flexibility index (Phi) is 5.99. The zero-order valence-electron chi connectivity index (χ0n) is 17.0. The first-order valence-electron chi connectivity index (χ1n) is 9.66. The largest absolute Gasteiger partial charge is 0.334 e. The number of anilines is 1. The Balaban J connectivity index is 1.60. The van der Waals surface area contributed by atoms with Gasteiger partial charge in [-0.15, -0.1) is 11.3 Å². The van der Waals surface area contributed by atoms with Crippen LogP contribution in [-0.2, 0) is 4.84 Å². The highest BCUT2D eigenvalue weighted by Gasteiger charge is 2.28. The van der Waals surface area contributed by atoms with E-state index in [1.807, 2.05) is 38.3 Å². The van der Waals surface area contributed by atoms with Gasteiger partial charge in [0.05, 0.1) is 12.1 Å². The van der Waals surface area contributed by atoms with Crippen LogP contribution in [-0.4, -0.2) is 51.5 Å². The number of amides is 1. The van der Waals surface area contributed by atoms with Gasteiger partial charge in [-0.3, -0.25) is 9.63 Å². The van der Waals surface area contributed by atoms with Crippen molar-refractivity contribution < 1.29 is 9.63 Å². The van der Waals surface area contributed by atoms with Gasteiger partial charge in [0.2, 0.25) is 0 Å². The molecule has 1 saturated heterocycles. The minimum absolute atomic E-state index is 0.0879. The van der Waals surface area contributed by atoms with Gasteiger partial charge < -0.3 is 4.90 Å². The van der Waals surface area contributed by atoms with E-state index in [0.29, 0.717) is 41.9 Å². The molecule has 3 heterocycles. The minimum atomic E-state index is -0.200. The SMILES string of the molecule is Cc1cc(N2CCN(C(=O)c3cc(Cl)ccc3-c3nccs3)C[C@H](C)O2)nc(C)n1. The summed E-state index contributed by atoms with van der Waals surface area (Å²) < 4.78 is 0. The van der Waals surface area contributed by atoms with E-state index in [1.54, 1.807) is 28.3 Å². The van der Waals surface area contributed by atoms with Crippen LogP contribution in [0, 0.1) is 13.8 Å². The summed E-state index contributed by atoms with van der Waals surface area (Å²) in [4.78, 5) is 34.5. The molecule has 4 rings (SSSR count). The molecule has 2 aromatic heterocycles. The van der Waals surface area contributed by atoms with Crippen LogP contribution in [0.4, 0.5) is 5.82 Å². The van der Waals surface area contributed by atoms with Crippen molar-refractivity contribution in [1.29, 1.82) is 0 Å². The van der Waals surface area contributed by atoms with Crippen molar-refractivity contribution in [2.24, 2.45) is 0 Å². The standard InChI is InChI=1S/C21H22ClN5O2S/c1-13-10-19(25-15(3)24-13)27-8-7-26(12-14(2)29-27)21(28)18-11-16(22)4-5-17(18)20-23-6-9-30-20/h4-6,9-11,14H,7-8,12H2,1-3H3/t14-/m0/s1. The maximum atomic E-state index is 13.5. The van der Waals surface area contributed by atoms with E-state index in [9.17, 15) is 4.79 Å². The number of thiazole rings is 1. The summed E-state index contributed by atoms with van der Waals surface area (Å²) >= 11 is 7.71. The number of carbonyl (C=O) groups is 1. The molecule has 0 saturated carbocycles. The molecule has 156 valence electrons. The molecule has 1 aliphatic rings. The number of aromatic nitrogens is 3. The van der Waals surface area contributed by atoms with Crippen molar-refractivity contribution in [3.05, 3.63) is 57.9 Å². The molecule has 0 N–H and O–H groups in total. The van der Waals surface area contributed by atoms with Crippen LogP contribution in [0.3, 0.4) is 0 Å². The summed E-state index contributed by atoms with van der Waals surface area (Å²) in [5, 5.41) is 4.96. The van der Waals surface area contributed by atoms with Gasteiger partial charge in [0.25, 0.3) is 5.91 Å². The van der Waals surface area contributed by atoms with E-state index in [-0.39, 0.29) is 12.0 Å². The van der Waals surface area contributed by atoms with Crippen LogP contribution < -0.4 is 5.06 Å². The van der Waals surface area contributed by atoms with Crippen LogP contribution >= 0.6 is 22.9 Å². The van der Waals surface area contributed by atoms with E-state index >= 15 is 0 Å². The number of hydrogen-bond donors (Lipinski definition) is 0. The van der Waals surface area contributed by atoms with Gasteiger partial charge in [-0.1, -0.05) is 11.6 Å². The minimum Gasteiger partial charge on any atom is -0.334 e. The molecule has 1 aliphatic heterocycles. The zero-order valence-corrected chi connectivity index (χ0v) is 18.6. The van der Waals surface area contributed by atoms with E-state index < -0.39 is 0 Å². The maximum absolute atomic E-state index is 13.5. The quantitative estimate of drug-likeness (QED) is 0.605. The Morgan fingerprint density at radius 2 is 2.07 bits per heavy atom. The predicted octanol–water partition coefficient (Wildman–Crippen LogP) is 4.15. The first kappa shape index (κ1) is 20.7. The molecule has 0 spiro atoms. The van der Waals surface area contributed by atoms with Crippen LogP contribution in [0.5, 0.6) is 0 Å². The lowest BCUT2D eigenvalue weighted by Crippen LogP contribution is -2.37. The highest BCUT2D eigenvalue weighted by molar-refractivity contribution is 7.13. The molecule has 7 nitrogen and oxygen atoms in total. The number of rotatable bonds is 3. The van der Waals surface area contributed by atoms with Crippen molar-refractivity contribution >= 4 is 34.7 Å². The summed E-state index contributed by atoms with van der Waals surface area (Å²) in [5.41, 5.74) is 2.21. The van der Waals surface area contributed by atoms with Gasteiger partial charge in [0, 0.05) is 47.0 Å². The molecule has 1 fully saturated rings. The molecule has 1 atom stereocenters. The van der Waals surface area contributed by atoms with Crippen molar-refractivity contribution in [3.63, 3.8) is 0 Å². The van der Waals surface area contributed by atoms with Crippen molar-refractivity contribution in [1.82, 2.24) is 19.9 Å². The number of hydrogen-bond acceptors (Lipinski definition) is 7. The van der Waals surface area contributed by atoms with E-state index in [1.165, 1.54) is 11.3 Å². The summed E-state index contributed by atoms with van der Waals surface area (Å²) in [6.07, 6.45) is 1.53. The van der Waals surface area contributed by atoms with E-state index in [2.05, 4.69) is 15.0 Å². The lowest BCUT2D eigenvalue weighted by molar-refractivity contribution is 0.0423. The maximum Gasteiger partial charge on any atom is 0.254 e. The molecule has 0 unspecified atom stereocenters. The van der Waals surface area contributed by atoms with Crippen LogP contribution in [0.2, 0.25) is 5.02 Å². The van der Waals surface area contributed by atoms with Gasteiger partial charge >= 0.3 is 0 Å². The topological polar surface area (TPSA) is 71.5 Å². The van der Waals surface area contributed by atoms with Crippen molar-refractivity contribution in [3.8, 4) is 10.6 Å². The molecular formula is C21H22ClN5O2S. The Labute approximate surface area is 184 Å². The first-order chi connectivity index (χ1) is 14.4. The van der Waals surface area contributed by atoms with Gasteiger partial charge in [0.1, 0.15) is 16.9 Å². The van der Waals surface area contributed by atoms with E-state index in [4.69, 9.17) is 16.4 Å². The first-order valence-corrected chi connectivity index (χ1v) is 10.9.